The number of ether oxygens (including phenoxy) is 1. The number of sulfonamides is 1. The molecule has 0 aliphatic heterocycles. The van der Waals surface area contributed by atoms with E-state index in [2.05, 4.69) is 11.9 Å². The molecule has 0 aliphatic carbocycles. The lowest BCUT2D eigenvalue weighted by Crippen LogP contribution is -2.38. The number of amides is 1. The number of nitro benzene ring substituents is 1. The summed E-state index contributed by atoms with van der Waals surface area (Å²) in [6.07, 6.45) is 1.58. The smallest absolute Gasteiger partial charge is 0.271 e. The number of anilines is 2. The molecule has 0 radical (unpaired) electrons. The molecule has 3 aromatic rings. The Kier molecular flexibility index (Phi) is 7.42. The second-order valence-electron chi connectivity index (χ2n) is 6.78. The number of nitrogens with one attached hydrogen (secondary N) is 1. The molecule has 170 valence electrons. The first-order valence-electron chi connectivity index (χ1n) is 9.77. The van der Waals surface area contributed by atoms with Gasteiger partial charge in [-0.15, -0.1) is 0 Å². The third-order valence-electron chi connectivity index (χ3n) is 4.43. The van der Waals surface area contributed by atoms with Crippen molar-refractivity contribution in [3.8, 4) is 5.75 Å². The lowest BCUT2D eigenvalue weighted by atomic mass is 10.2. The Morgan fingerprint density at radius 3 is 2.48 bits per heavy atom. The van der Waals surface area contributed by atoms with E-state index in [4.69, 9.17) is 4.74 Å². The lowest BCUT2D eigenvalue weighted by Gasteiger charge is -2.24. The molecule has 1 N–H and O–H groups in total. The largest absolute Gasteiger partial charge is 0.489 e. The molecule has 0 heterocycles. The zero-order valence-corrected chi connectivity index (χ0v) is 18.3. The molecule has 0 fully saturated rings. The molecule has 1 amide bonds. The third kappa shape index (κ3) is 5.95. The van der Waals surface area contributed by atoms with Crippen LogP contribution in [0.15, 0.2) is 96.4 Å². The molecule has 0 saturated heterocycles. The van der Waals surface area contributed by atoms with Crippen molar-refractivity contribution in [2.45, 2.75) is 4.90 Å². The number of nitro groups is 1. The molecule has 9 nitrogen and oxygen atoms in total. The summed E-state index contributed by atoms with van der Waals surface area (Å²) in [5.74, 6) is -0.137. The van der Waals surface area contributed by atoms with Crippen LogP contribution in [0.5, 0.6) is 5.75 Å². The molecule has 10 heteroatoms. The highest BCUT2D eigenvalue weighted by Gasteiger charge is 2.28. The molecular weight excluding hydrogens is 446 g/mol. The van der Waals surface area contributed by atoms with Crippen LogP contribution in [0, 0.1) is 10.1 Å². The Hall–Kier alpha value is -4.18. The second kappa shape index (κ2) is 10.4. The van der Waals surface area contributed by atoms with E-state index >= 15 is 0 Å². The highest BCUT2D eigenvalue weighted by molar-refractivity contribution is 7.92. The van der Waals surface area contributed by atoms with E-state index in [1.807, 2.05) is 0 Å². The number of hydrogen-bond acceptors (Lipinski definition) is 6. The number of non-ortho nitro benzene ring substituents is 1. The number of rotatable bonds is 10. The van der Waals surface area contributed by atoms with Gasteiger partial charge in [0.1, 0.15) is 18.9 Å². The van der Waals surface area contributed by atoms with Gasteiger partial charge >= 0.3 is 0 Å². The zero-order valence-electron chi connectivity index (χ0n) is 17.5. The van der Waals surface area contributed by atoms with Crippen LogP contribution in [0.3, 0.4) is 0 Å². The quantitative estimate of drug-likeness (QED) is 0.274. The van der Waals surface area contributed by atoms with E-state index in [0.29, 0.717) is 11.4 Å². The summed E-state index contributed by atoms with van der Waals surface area (Å²) in [6, 6.07) is 19.2. The molecule has 0 bridgehead atoms. The second-order valence-corrected chi connectivity index (χ2v) is 8.64. The van der Waals surface area contributed by atoms with Gasteiger partial charge in [-0.3, -0.25) is 19.2 Å². The van der Waals surface area contributed by atoms with Crippen molar-refractivity contribution < 1.29 is 22.9 Å². The van der Waals surface area contributed by atoms with Crippen LogP contribution in [0.1, 0.15) is 0 Å². The average Bonchev–Trinajstić information content (AvgIpc) is 2.82. The van der Waals surface area contributed by atoms with Crippen molar-refractivity contribution in [3.63, 3.8) is 0 Å². The van der Waals surface area contributed by atoms with E-state index in [1.54, 1.807) is 48.5 Å². The standard InChI is InChI=1S/C23H21N3O6S/c1-2-14-32-21-11-6-8-18(15-21)24-23(27)17-25(19-9-7-10-20(16-19)26(28)29)33(30,31)22-12-4-3-5-13-22/h2-13,15-16H,1,14,17H2,(H,24,27). The van der Waals surface area contributed by atoms with Crippen LogP contribution in [0.25, 0.3) is 0 Å². The monoisotopic (exact) mass is 467 g/mol. The van der Waals surface area contributed by atoms with Crippen molar-refractivity contribution >= 4 is 33.0 Å². The summed E-state index contributed by atoms with van der Waals surface area (Å²) >= 11 is 0. The predicted octanol–water partition coefficient (Wildman–Crippen LogP) is 3.99. The molecule has 3 rings (SSSR count). The van der Waals surface area contributed by atoms with Gasteiger partial charge in [-0.2, -0.15) is 0 Å². The lowest BCUT2D eigenvalue weighted by molar-refractivity contribution is -0.384. The SMILES string of the molecule is C=CCOc1cccc(NC(=O)CN(c2cccc([N+](=O)[O-])c2)S(=O)(=O)c2ccccc2)c1. The normalized spacial score (nSPS) is 10.8. The van der Waals surface area contributed by atoms with E-state index in [9.17, 15) is 23.3 Å². The first-order valence-corrected chi connectivity index (χ1v) is 11.2. The maximum Gasteiger partial charge on any atom is 0.271 e. The first-order chi connectivity index (χ1) is 15.8. The van der Waals surface area contributed by atoms with Gasteiger partial charge in [-0.1, -0.05) is 43.0 Å². The van der Waals surface area contributed by atoms with Gasteiger partial charge in [0.05, 0.1) is 15.5 Å². The van der Waals surface area contributed by atoms with Crippen LogP contribution in [-0.4, -0.2) is 32.4 Å². The summed E-state index contributed by atoms with van der Waals surface area (Å²) in [4.78, 5) is 23.3. The number of carbonyl (C=O) groups is 1. The van der Waals surface area contributed by atoms with E-state index < -0.39 is 27.4 Å². The van der Waals surface area contributed by atoms with Gasteiger partial charge in [0.25, 0.3) is 15.7 Å². The van der Waals surface area contributed by atoms with Gasteiger partial charge in [0.2, 0.25) is 5.91 Å². The Labute approximate surface area is 191 Å². The molecular formula is C23H21N3O6S. The average molecular weight is 468 g/mol. The number of nitrogens with zero attached hydrogens (tertiary/aromatic N) is 2. The van der Waals surface area contributed by atoms with Crippen LogP contribution in [0.2, 0.25) is 0 Å². The molecule has 0 aromatic heterocycles. The summed E-state index contributed by atoms with van der Waals surface area (Å²) < 4.78 is 32.9. The fraction of sp³-hybridized carbons (Fsp3) is 0.0870. The molecule has 33 heavy (non-hydrogen) atoms. The fourth-order valence-electron chi connectivity index (χ4n) is 2.95. The van der Waals surface area contributed by atoms with Crippen molar-refractivity contribution in [2.75, 3.05) is 22.8 Å². The highest BCUT2D eigenvalue weighted by atomic mass is 32.2. The van der Waals surface area contributed by atoms with Gasteiger partial charge in [-0.25, -0.2) is 8.42 Å². The topological polar surface area (TPSA) is 119 Å². The number of hydrogen-bond donors (Lipinski definition) is 1. The summed E-state index contributed by atoms with van der Waals surface area (Å²) in [6.45, 7) is 3.26. The van der Waals surface area contributed by atoms with E-state index in [1.165, 1.54) is 30.3 Å². The van der Waals surface area contributed by atoms with Crippen LogP contribution >= 0.6 is 0 Å². The summed E-state index contributed by atoms with van der Waals surface area (Å²) in [5.41, 5.74) is 0.0946. The van der Waals surface area contributed by atoms with Crippen molar-refractivity contribution in [1.29, 1.82) is 0 Å². The molecule has 0 unspecified atom stereocenters. The minimum Gasteiger partial charge on any atom is -0.489 e. The van der Waals surface area contributed by atoms with Gasteiger partial charge in [0, 0.05) is 23.9 Å². The third-order valence-corrected chi connectivity index (χ3v) is 6.22. The van der Waals surface area contributed by atoms with Crippen molar-refractivity contribution in [2.24, 2.45) is 0 Å². The maximum absolute atomic E-state index is 13.3. The summed E-state index contributed by atoms with van der Waals surface area (Å²) in [7, 11) is -4.19. The highest BCUT2D eigenvalue weighted by Crippen LogP contribution is 2.27. The van der Waals surface area contributed by atoms with Crippen molar-refractivity contribution in [3.05, 3.63) is 102 Å². The minimum absolute atomic E-state index is 0.00808. The summed E-state index contributed by atoms with van der Waals surface area (Å²) in [5, 5.41) is 13.8. The molecule has 0 spiro atoms. The Morgan fingerprint density at radius 2 is 1.79 bits per heavy atom. The molecule has 0 saturated carbocycles. The van der Waals surface area contributed by atoms with E-state index in [0.717, 1.165) is 10.4 Å². The van der Waals surface area contributed by atoms with Crippen molar-refractivity contribution in [1.82, 2.24) is 0 Å². The Morgan fingerprint density at radius 1 is 1.06 bits per heavy atom. The molecule has 0 atom stereocenters. The number of carbonyl (C=O) groups excluding carboxylic acids is 1. The first kappa shape index (κ1) is 23.5. The maximum atomic E-state index is 13.3. The molecule has 0 aliphatic rings. The van der Waals surface area contributed by atoms with E-state index in [-0.39, 0.29) is 22.9 Å². The zero-order chi connectivity index (χ0) is 23.8. The predicted molar refractivity (Wildman–Crippen MR) is 125 cm³/mol. The Bertz CT molecular complexity index is 1260. The van der Waals surface area contributed by atoms with Crippen LogP contribution < -0.4 is 14.4 Å². The van der Waals surface area contributed by atoms with Crippen LogP contribution in [0.4, 0.5) is 17.1 Å². The number of benzene rings is 3. The molecule has 3 aromatic carbocycles. The van der Waals surface area contributed by atoms with Crippen LogP contribution in [-0.2, 0) is 14.8 Å². The van der Waals surface area contributed by atoms with Gasteiger partial charge < -0.3 is 10.1 Å². The fourth-order valence-corrected chi connectivity index (χ4v) is 4.38. The Balaban J connectivity index is 1.92. The van der Waals surface area contributed by atoms with Gasteiger partial charge in [-0.05, 0) is 30.3 Å². The van der Waals surface area contributed by atoms with Gasteiger partial charge in [0.15, 0.2) is 0 Å². The minimum atomic E-state index is -4.19.